The highest BCUT2D eigenvalue weighted by molar-refractivity contribution is 7.14. The second-order valence-electron chi connectivity index (χ2n) is 2.90. The molecule has 2 aromatic heterocycles. The number of nitrogens with zero attached hydrogens (tertiary/aromatic N) is 2. The summed E-state index contributed by atoms with van der Waals surface area (Å²) in [6.45, 7) is 0. The molecule has 80 valence electrons. The molecule has 15 heavy (non-hydrogen) atoms. The van der Waals surface area contributed by atoms with E-state index in [1.807, 2.05) is 0 Å². The van der Waals surface area contributed by atoms with Crippen LogP contribution in [-0.2, 0) is 6.42 Å². The number of aryl methyl sites for hydroxylation is 1. The Morgan fingerprint density at radius 1 is 1.33 bits per heavy atom. The molecule has 0 aliphatic rings. The summed E-state index contributed by atoms with van der Waals surface area (Å²) < 4.78 is 5.23. The largest absolute Gasteiger partial charge is 0.442 e. The van der Waals surface area contributed by atoms with Crippen LogP contribution in [0.1, 0.15) is 11.4 Å². The van der Waals surface area contributed by atoms with E-state index in [0.717, 1.165) is 22.9 Å². The van der Waals surface area contributed by atoms with E-state index in [1.54, 1.807) is 12.1 Å². The molecule has 0 aliphatic carbocycles. The fourth-order valence-corrected chi connectivity index (χ4v) is 2.22. The maximum absolute atomic E-state index is 5.67. The fraction of sp³-hybridized carbons (Fsp3) is 0.333. The molecule has 0 atom stereocenters. The zero-order valence-corrected chi connectivity index (χ0v) is 10.1. The molecule has 2 heterocycles. The van der Waals surface area contributed by atoms with E-state index in [9.17, 15) is 0 Å². The summed E-state index contributed by atoms with van der Waals surface area (Å²) in [5.74, 6) is 1.30. The molecular formula is C9H8Cl2N2OS. The van der Waals surface area contributed by atoms with E-state index in [4.69, 9.17) is 27.6 Å². The van der Waals surface area contributed by atoms with E-state index in [2.05, 4.69) is 10.2 Å². The highest BCUT2D eigenvalue weighted by Gasteiger charge is 2.09. The number of hydrogen-bond donors (Lipinski definition) is 0. The second kappa shape index (κ2) is 4.96. The van der Waals surface area contributed by atoms with Crippen molar-refractivity contribution in [3.8, 4) is 10.8 Å². The first-order chi connectivity index (χ1) is 7.29. The number of aromatic nitrogens is 2. The van der Waals surface area contributed by atoms with Crippen LogP contribution in [0.2, 0.25) is 5.22 Å². The monoisotopic (exact) mass is 262 g/mol. The average Bonchev–Trinajstić information content (AvgIpc) is 2.83. The lowest BCUT2D eigenvalue weighted by Crippen LogP contribution is -1.84. The molecule has 3 nitrogen and oxygen atoms in total. The van der Waals surface area contributed by atoms with Crippen LogP contribution in [0.15, 0.2) is 16.5 Å². The number of furan rings is 1. The van der Waals surface area contributed by atoms with Crippen molar-refractivity contribution in [3.05, 3.63) is 22.4 Å². The van der Waals surface area contributed by atoms with E-state index < -0.39 is 0 Å². The standard InChI is InChI=1S/C9H8Cl2N2OS/c10-5-1-2-8-12-13-9(15-8)6-3-4-7(11)14-6/h3-4H,1-2,5H2. The van der Waals surface area contributed by atoms with Crippen molar-refractivity contribution < 1.29 is 4.42 Å². The predicted molar refractivity (Wildman–Crippen MR) is 61.7 cm³/mol. The third-order valence-electron chi connectivity index (χ3n) is 1.78. The molecule has 0 saturated heterocycles. The van der Waals surface area contributed by atoms with Crippen molar-refractivity contribution in [2.75, 3.05) is 5.88 Å². The van der Waals surface area contributed by atoms with Gasteiger partial charge < -0.3 is 4.42 Å². The lowest BCUT2D eigenvalue weighted by Gasteiger charge is -1.88. The first-order valence-electron chi connectivity index (χ1n) is 4.43. The van der Waals surface area contributed by atoms with Crippen molar-refractivity contribution in [3.63, 3.8) is 0 Å². The van der Waals surface area contributed by atoms with Gasteiger partial charge in [0.15, 0.2) is 16.0 Å². The molecule has 0 aromatic carbocycles. The molecule has 0 unspecified atom stereocenters. The van der Waals surface area contributed by atoms with Crippen molar-refractivity contribution in [1.29, 1.82) is 0 Å². The normalized spacial score (nSPS) is 10.8. The third kappa shape index (κ3) is 2.71. The van der Waals surface area contributed by atoms with E-state index >= 15 is 0 Å². The van der Waals surface area contributed by atoms with Gasteiger partial charge in [-0.3, -0.25) is 0 Å². The van der Waals surface area contributed by atoms with Crippen LogP contribution in [0, 0.1) is 0 Å². The average molecular weight is 263 g/mol. The summed E-state index contributed by atoms with van der Waals surface area (Å²) in [5, 5.41) is 10.2. The lowest BCUT2D eigenvalue weighted by atomic mass is 10.4. The minimum Gasteiger partial charge on any atom is -0.442 e. The maximum Gasteiger partial charge on any atom is 0.194 e. The molecular weight excluding hydrogens is 255 g/mol. The van der Waals surface area contributed by atoms with Crippen molar-refractivity contribution in [2.24, 2.45) is 0 Å². The Labute approximate surface area is 101 Å². The number of rotatable bonds is 4. The highest BCUT2D eigenvalue weighted by atomic mass is 35.5. The molecule has 2 rings (SSSR count). The smallest absolute Gasteiger partial charge is 0.194 e. The summed E-state index contributed by atoms with van der Waals surface area (Å²) >= 11 is 12.8. The highest BCUT2D eigenvalue weighted by Crippen LogP contribution is 2.27. The van der Waals surface area contributed by atoms with E-state index in [-0.39, 0.29) is 0 Å². The minimum absolute atomic E-state index is 0.363. The molecule has 0 fully saturated rings. The molecule has 6 heteroatoms. The van der Waals surface area contributed by atoms with Crippen LogP contribution >= 0.6 is 34.5 Å². The third-order valence-corrected chi connectivity index (χ3v) is 3.24. The van der Waals surface area contributed by atoms with Gasteiger partial charge in [-0.1, -0.05) is 11.3 Å². The number of hydrogen-bond acceptors (Lipinski definition) is 4. The van der Waals surface area contributed by atoms with Gasteiger partial charge in [0, 0.05) is 12.3 Å². The molecule has 2 aromatic rings. The van der Waals surface area contributed by atoms with Gasteiger partial charge in [0.2, 0.25) is 0 Å². The molecule has 0 spiro atoms. The summed E-state index contributed by atoms with van der Waals surface area (Å²) in [6, 6.07) is 3.48. The van der Waals surface area contributed by atoms with E-state index in [1.165, 1.54) is 11.3 Å². The van der Waals surface area contributed by atoms with Crippen LogP contribution in [0.5, 0.6) is 0 Å². The van der Waals surface area contributed by atoms with E-state index in [0.29, 0.717) is 16.9 Å². The minimum atomic E-state index is 0.363. The Balaban J connectivity index is 2.13. The molecule has 0 radical (unpaired) electrons. The molecule has 0 N–H and O–H groups in total. The zero-order chi connectivity index (χ0) is 10.7. The molecule has 0 saturated carbocycles. The van der Waals surface area contributed by atoms with Crippen LogP contribution in [-0.4, -0.2) is 16.1 Å². The Kier molecular flexibility index (Phi) is 3.61. The maximum atomic E-state index is 5.67. The second-order valence-corrected chi connectivity index (χ2v) is 4.71. The van der Waals surface area contributed by atoms with Crippen molar-refractivity contribution in [1.82, 2.24) is 10.2 Å². The van der Waals surface area contributed by atoms with Gasteiger partial charge >= 0.3 is 0 Å². The molecule has 0 amide bonds. The zero-order valence-electron chi connectivity index (χ0n) is 7.74. The Morgan fingerprint density at radius 2 is 2.20 bits per heavy atom. The number of alkyl halides is 1. The van der Waals surface area contributed by atoms with Crippen LogP contribution in [0.25, 0.3) is 10.8 Å². The molecule has 0 bridgehead atoms. The van der Waals surface area contributed by atoms with Gasteiger partial charge in [0.25, 0.3) is 0 Å². The van der Waals surface area contributed by atoms with Gasteiger partial charge in [-0.2, -0.15) is 0 Å². The summed E-state index contributed by atoms with van der Waals surface area (Å²) in [5.41, 5.74) is 0. The lowest BCUT2D eigenvalue weighted by molar-refractivity contribution is 0.583. The predicted octanol–water partition coefficient (Wildman–Crippen LogP) is 3.62. The fourth-order valence-electron chi connectivity index (χ4n) is 1.10. The Morgan fingerprint density at radius 3 is 2.87 bits per heavy atom. The van der Waals surface area contributed by atoms with Gasteiger partial charge in [-0.05, 0) is 30.2 Å². The SMILES string of the molecule is ClCCCc1nnc(-c2ccc(Cl)o2)s1. The summed E-state index contributed by atoms with van der Waals surface area (Å²) in [4.78, 5) is 0. The number of halogens is 2. The Bertz CT molecular complexity index is 441. The van der Waals surface area contributed by atoms with Crippen molar-refractivity contribution >= 4 is 34.5 Å². The van der Waals surface area contributed by atoms with Gasteiger partial charge in [0.1, 0.15) is 5.01 Å². The van der Waals surface area contributed by atoms with Crippen LogP contribution < -0.4 is 0 Å². The van der Waals surface area contributed by atoms with Crippen LogP contribution in [0.3, 0.4) is 0 Å². The quantitative estimate of drug-likeness (QED) is 0.791. The molecule has 0 aliphatic heterocycles. The van der Waals surface area contributed by atoms with Gasteiger partial charge in [-0.25, -0.2) is 0 Å². The summed E-state index contributed by atoms with van der Waals surface area (Å²) in [6.07, 6.45) is 1.77. The van der Waals surface area contributed by atoms with Gasteiger partial charge in [-0.15, -0.1) is 21.8 Å². The first-order valence-corrected chi connectivity index (χ1v) is 6.16. The first kappa shape index (κ1) is 10.9. The van der Waals surface area contributed by atoms with Crippen molar-refractivity contribution in [2.45, 2.75) is 12.8 Å². The van der Waals surface area contributed by atoms with Gasteiger partial charge in [0.05, 0.1) is 0 Å². The van der Waals surface area contributed by atoms with Crippen LogP contribution in [0.4, 0.5) is 0 Å². The topological polar surface area (TPSA) is 38.9 Å². The Hall–Kier alpha value is -0.580. The summed E-state index contributed by atoms with van der Waals surface area (Å²) in [7, 11) is 0.